The van der Waals surface area contributed by atoms with Crippen molar-refractivity contribution in [1.29, 1.82) is 0 Å². The molecule has 0 saturated heterocycles. The van der Waals surface area contributed by atoms with Gasteiger partial charge in [-0.3, -0.25) is 4.68 Å². The molecule has 0 aliphatic carbocycles. The molecule has 1 aromatic rings. The maximum absolute atomic E-state index is 12.5. The number of hydrogen-bond donors (Lipinski definition) is 2. The van der Waals surface area contributed by atoms with Gasteiger partial charge in [0, 0.05) is 6.20 Å². The molecule has 1 rings (SSSR count). The van der Waals surface area contributed by atoms with E-state index >= 15 is 0 Å². The van der Waals surface area contributed by atoms with Crippen LogP contribution >= 0.6 is 0 Å². The van der Waals surface area contributed by atoms with Crippen molar-refractivity contribution in [1.82, 2.24) is 9.78 Å². The minimum Gasteiger partial charge on any atom is -0.409 e. The second kappa shape index (κ2) is 4.42. The third kappa shape index (κ3) is 2.88. The lowest BCUT2D eigenvalue weighted by Crippen LogP contribution is -2.39. The number of nitrogens with zero attached hydrogens (tertiary/aromatic N) is 3. The van der Waals surface area contributed by atoms with E-state index in [2.05, 4.69) is 10.3 Å². The fourth-order valence-corrected chi connectivity index (χ4v) is 1.19. The van der Waals surface area contributed by atoms with Gasteiger partial charge in [-0.2, -0.15) is 18.3 Å². The van der Waals surface area contributed by atoms with E-state index in [0.717, 1.165) is 10.2 Å². The highest BCUT2D eigenvalue weighted by Gasteiger charge is 2.43. The van der Waals surface area contributed by atoms with Crippen LogP contribution in [0.5, 0.6) is 0 Å². The van der Waals surface area contributed by atoms with E-state index in [1.54, 1.807) is 6.92 Å². The molecule has 0 aliphatic heterocycles. The molecule has 0 bridgehead atoms. The van der Waals surface area contributed by atoms with Crippen molar-refractivity contribution in [3.05, 3.63) is 18.0 Å². The molecule has 16 heavy (non-hydrogen) atoms. The topological polar surface area (TPSA) is 76.4 Å². The first kappa shape index (κ1) is 12.3. The average Bonchev–Trinajstić information content (AvgIpc) is 2.57. The van der Waals surface area contributed by atoms with Gasteiger partial charge in [0.15, 0.2) is 5.84 Å². The zero-order valence-electron chi connectivity index (χ0n) is 8.44. The lowest BCUT2D eigenvalue weighted by atomic mass is 10.1. The Labute approximate surface area is 89.3 Å². The van der Waals surface area contributed by atoms with Crippen molar-refractivity contribution in [3.63, 3.8) is 0 Å². The van der Waals surface area contributed by atoms with E-state index in [1.807, 2.05) is 0 Å². The fraction of sp³-hybridized carbons (Fsp3) is 0.500. The summed E-state index contributed by atoms with van der Waals surface area (Å²) in [6, 6.07) is 0. The van der Waals surface area contributed by atoms with Crippen LogP contribution in [0.25, 0.3) is 0 Å². The van der Waals surface area contributed by atoms with Crippen LogP contribution in [0, 0.1) is 12.8 Å². The molecule has 1 unspecified atom stereocenters. The Balaban J connectivity index is 2.88. The molecule has 5 nitrogen and oxygen atoms in total. The van der Waals surface area contributed by atoms with Gasteiger partial charge in [-0.05, 0) is 12.5 Å². The predicted molar refractivity (Wildman–Crippen MR) is 49.9 cm³/mol. The molecule has 0 saturated carbocycles. The van der Waals surface area contributed by atoms with Crippen molar-refractivity contribution in [2.75, 3.05) is 0 Å². The molecular weight excluding hydrogens is 225 g/mol. The van der Waals surface area contributed by atoms with Gasteiger partial charge in [0.1, 0.15) is 5.92 Å². The molecule has 0 aromatic carbocycles. The van der Waals surface area contributed by atoms with E-state index in [9.17, 15) is 13.2 Å². The van der Waals surface area contributed by atoms with Gasteiger partial charge in [0.2, 0.25) is 0 Å². The SMILES string of the molecule is Cc1cnn(CC(C(N)=NO)C(F)(F)F)c1. The smallest absolute Gasteiger partial charge is 0.400 e. The molecule has 0 aliphatic rings. The maximum Gasteiger partial charge on any atom is 0.400 e. The Morgan fingerprint density at radius 2 is 2.31 bits per heavy atom. The maximum atomic E-state index is 12.5. The first-order chi connectivity index (χ1) is 7.34. The van der Waals surface area contributed by atoms with Crippen molar-refractivity contribution in [2.45, 2.75) is 19.6 Å². The summed E-state index contributed by atoms with van der Waals surface area (Å²) in [6.45, 7) is 1.20. The Bertz CT molecular complexity index is 385. The molecule has 0 spiro atoms. The summed E-state index contributed by atoms with van der Waals surface area (Å²) >= 11 is 0. The van der Waals surface area contributed by atoms with E-state index in [4.69, 9.17) is 10.9 Å². The van der Waals surface area contributed by atoms with Crippen molar-refractivity contribution >= 4 is 5.84 Å². The van der Waals surface area contributed by atoms with Gasteiger partial charge in [0.25, 0.3) is 0 Å². The van der Waals surface area contributed by atoms with Crippen molar-refractivity contribution in [2.24, 2.45) is 16.8 Å². The summed E-state index contributed by atoms with van der Waals surface area (Å²) in [6.07, 6.45) is -1.70. The minimum atomic E-state index is -4.57. The third-order valence-electron chi connectivity index (χ3n) is 2.00. The third-order valence-corrected chi connectivity index (χ3v) is 2.00. The van der Waals surface area contributed by atoms with Gasteiger partial charge >= 0.3 is 6.18 Å². The van der Waals surface area contributed by atoms with E-state index in [-0.39, 0.29) is 0 Å². The summed E-state index contributed by atoms with van der Waals surface area (Å²) in [5.74, 6) is -2.92. The Morgan fingerprint density at radius 3 is 2.69 bits per heavy atom. The molecule has 0 fully saturated rings. The molecule has 0 amide bonds. The summed E-state index contributed by atoms with van der Waals surface area (Å²) in [4.78, 5) is 0. The predicted octanol–water partition coefficient (Wildman–Crippen LogP) is 1.12. The van der Waals surface area contributed by atoms with Gasteiger partial charge in [0.05, 0.1) is 12.7 Å². The highest BCUT2D eigenvalue weighted by atomic mass is 19.4. The number of rotatable bonds is 3. The Kier molecular flexibility index (Phi) is 3.41. The Morgan fingerprint density at radius 1 is 1.69 bits per heavy atom. The van der Waals surface area contributed by atoms with E-state index < -0.39 is 24.5 Å². The van der Waals surface area contributed by atoms with Crippen LogP contribution in [-0.2, 0) is 6.54 Å². The molecule has 1 atom stereocenters. The summed E-state index contributed by atoms with van der Waals surface area (Å²) in [5, 5.41) is 14.4. The summed E-state index contributed by atoms with van der Waals surface area (Å²) in [5.41, 5.74) is 5.73. The standard InChI is InChI=1S/C8H11F3N4O/c1-5-2-13-15(3-5)4-6(7(12)14-16)8(9,10)11/h2-3,6,16H,4H2,1H3,(H2,12,14). The molecule has 3 N–H and O–H groups in total. The second-order valence-corrected chi connectivity index (χ2v) is 3.36. The van der Waals surface area contributed by atoms with Crippen LogP contribution in [0.3, 0.4) is 0 Å². The van der Waals surface area contributed by atoms with Crippen LogP contribution < -0.4 is 5.73 Å². The highest BCUT2D eigenvalue weighted by molar-refractivity contribution is 5.82. The average molecular weight is 236 g/mol. The first-order valence-electron chi connectivity index (χ1n) is 4.37. The molecule has 8 heteroatoms. The number of halogens is 3. The van der Waals surface area contributed by atoms with Crippen LogP contribution in [0.15, 0.2) is 17.5 Å². The highest BCUT2D eigenvalue weighted by Crippen LogP contribution is 2.27. The second-order valence-electron chi connectivity index (χ2n) is 3.36. The number of oxime groups is 1. The zero-order chi connectivity index (χ0) is 12.3. The molecule has 1 heterocycles. The summed E-state index contributed by atoms with van der Waals surface area (Å²) < 4.78 is 38.7. The quantitative estimate of drug-likeness (QED) is 0.357. The fourth-order valence-electron chi connectivity index (χ4n) is 1.19. The lowest BCUT2D eigenvalue weighted by Gasteiger charge is -2.18. The van der Waals surface area contributed by atoms with Gasteiger partial charge < -0.3 is 10.9 Å². The first-order valence-corrected chi connectivity index (χ1v) is 4.37. The van der Waals surface area contributed by atoms with Crippen LogP contribution in [0.2, 0.25) is 0 Å². The monoisotopic (exact) mass is 236 g/mol. The van der Waals surface area contributed by atoms with Gasteiger partial charge in [-0.25, -0.2) is 0 Å². The number of nitrogens with two attached hydrogens (primary N) is 1. The zero-order valence-corrected chi connectivity index (χ0v) is 8.44. The number of aryl methyl sites for hydroxylation is 1. The lowest BCUT2D eigenvalue weighted by molar-refractivity contribution is -0.159. The molecule has 1 aromatic heterocycles. The number of amidine groups is 1. The Hall–Kier alpha value is -1.73. The van der Waals surface area contributed by atoms with Gasteiger partial charge in [-0.1, -0.05) is 5.16 Å². The van der Waals surface area contributed by atoms with Gasteiger partial charge in [-0.15, -0.1) is 0 Å². The van der Waals surface area contributed by atoms with Crippen LogP contribution in [0.1, 0.15) is 5.56 Å². The normalized spacial score (nSPS) is 15.1. The minimum absolute atomic E-state index is 0.507. The van der Waals surface area contributed by atoms with E-state index in [0.29, 0.717) is 0 Å². The van der Waals surface area contributed by atoms with Crippen molar-refractivity contribution < 1.29 is 18.4 Å². The molecular formula is C8H11F3N4O. The molecule has 90 valence electrons. The van der Waals surface area contributed by atoms with Crippen molar-refractivity contribution in [3.8, 4) is 0 Å². The molecule has 0 radical (unpaired) electrons. The number of aromatic nitrogens is 2. The number of alkyl halides is 3. The summed E-state index contributed by atoms with van der Waals surface area (Å²) in [7, 11) is 0. The van der Waals surface area contributed by atoms with E-state index in [1.165, 1.54) is 12.4 Å². The largest absolute Gasteiger partial charge is 0.409 e. The van der Waals surface area contributed by atoms with Crippen LogP contribution in [0.4, 0.5) is 13.2 Å². The number of hydrogen-bond acceptors (Lipinski definition) is 3. The van der Waals surface area contributed by atoms with Crippen LogP contribution in [-0.4, -0.2) is 27.0 Å².